The van der Waals surface area contributed by atoms with Gasteiger partial charge in [-0.05, 0) is 19.1 Å². The maximum atomic E-state index is 12.3. The molecule has 0 bridgehead atoms. The van der Waals surface area contributed by atoms with Crippen molar-refractivity contribution in [3.63, 3.8) is 0 Å². The van der Waals surface area contributed by atoms with Crippen LogP contribution >= 0.6 is 0 Å². The molecule has 0 fully saturated rings. The van der Waals surface area contributed by atoms with Crippen LogP contribution in [-0.4, -0.2) is 33.4 Å². The zero-order valence-electron chi connectivity index (χ0n) is 9.80. The lowest BCUT2D eigenvalue weighted by molar-refractivity contribution is 0.414. The molecule has 2 unspecified atom stereocenters. The molecule has 6 heteroatoms. The highest BCUT2D eigenvalue weighted by atomic mass is 32.2. The van der Waals surface area contributed by atoms with Gasteiger partial charge in [0.15, 0.2) is 9.84 Å². The minimum Gasteiger partial charge on any atom is -0.497 e. The van der Waals surface area contributed by atoms with Crippen LogP contribution < -0.4 is 15.8 Å². The first kappa shape index (κ1) is 12.2. The fraction of sp³-hybridized carbons (Fsp3) is 0.455. The van der Waals surface area contributed by atoms with Crippen molar-refractivity contribution in [1.82, 2.24) is 0 Å². The Bertz CT molecular complexity index is 528. The summed E-state index contributed by atoms with van der Waals surface area (Å²) in [6, 6.07) is 4.69. The number of benzene rings is 1. The van der Waals surface area contributed by atoms with Gasteiger partial charge in [0.1, 0.15) is 5.75 Å². The van der Waals surface area contributed by atoms with Crippen LogP contribution in [0.4, 0.5) is 5.69 Å². The van der Waals surface area contributed by atoms with Gasteiger partial charge in [-0.2, -0.15) is 0 Å². The van der Waals surface area contributed by atoms with Crippen LogP contribution in [0.1, 0.15) is 6.92 Å². The van der Waals surface area contributed by atoms with Gasteiger partial charge in [0.25, 0.3) is 0 Å². The van der Waals surface area contributed by atoms with Gasteiger partial charge in [0.05, 0.1) is 22.9 Å². The Morgan fingerprint density at radius 2 is 2.18 bits per heavy atom. The standard InChI is InChI=1S/C11H16N2O3S/c1-7-11(6-12)17(14,15)10-4-3-8(16-2)5-9(10)13-7/h3-5,7,11,13H,6,12H2,1-2H3. The lowest BCUT2D eigenvalue weighted by Crippen LogP contribution is -2.46. The molecule has 1 aromatic rings. The minimum atomic E-state index is -3.35. The molecule has 0 aromatic heterocycles. The molecular formula is C11H16N2O3S. The van der Waals surface area contributed by atoms with E-state index in [1.807, 2.05) is 6.92 Å². The Hall–Kier alpha value is -1.27. The number of hydrogen-bond acceptors (Lipinski definition) is 5. The monoisotopic (exact) mass is 256 g/mol. The van der Waals surface area contributed by atoms with E-state index >= 15 is 0 Å². The summed E-state index contributed by atoms with van der Waals surface area (Å²) in [4.78, 5) is 0.298. The summed E-state index contributed by atoms with van der Waals surface area (Å²) in [5.74, 6) is 0.629. The summed E-state index contributed by atoms with van der Waals surface area (Å²) in [5, 5.41) is 2.57. The van der Waals surface area contributed by atoms with Crippen molar-refractivity contribution in [1.29, 1.82) is 0 Å². The summed E-state index contributed by atoms with van der Waals surface area (Å²) >= 11 is 0. The van der Waals surface area contributed by atoms with Crippen molar-refractivity contribution in [2.24, 2.45) is 5.73 Å². The van der Waals surface area contributed by atoms with Crippen molar-refractivity contribution in [2.75, 3.05) is 19.0 Å². The molecule has 17 heavy (non-hydrogen) atoms. The summed E-state index contributed by atoms with van der Waals surface area (Å²) in [6.07, 6.45) is 0. The Morgan fingerprint density at radius 3 is 2.76 bits per heavy atom. The number of nitrogens with two attached hydrogens (primary N) is 1. The van der Waals surface area contributed by atoms with E-state index < -0.39 is 15.1 Å². The molecular weight excluding hydrogens is 240 g/mol. The van der Waals surface area contributed by atoms with Crippen LogP contribution in [0.3, 0.4) is 0 Å². The van der Waals surface area contributed by atoms with E-state index in [-0.39, 0.29) is 12.6 Å². The smallest absolute Gasteiger partial charge is 0.186 e. The second kappa shape index (κ2) is 4.19. The zero-order valence-corrected chi connectivity index (χ0v) is 10.6. The van der Waals surface area contributed by atoms with Gasteiger partial charge in [-0.3, -0.25) is 0 Å². The molecule has 1 aliphatic rings. The van der Waals surface area contributed by atoms with E-state index in [2.05, 4.69) is 5.32 Å². The predicted octanol–water partition coefficient (Wildman–Crippen LogP) is 0.610. The Morgan fingerprint density at radius 1 is 1.47 bits per heavy atom. The fourth-order valence-corrected chi connectivity index (χ4v) is 3.96. The van der Waals surface area contributed by atoms with Gasteiger partial charge >= 0.3 is 0 Å². The lowest BCUT2D eigenvalue weighted by atomic mass is 10.2. The molecule has 0 radical (unpaired) electrons. The fourth-order valence-electron chi connectivity index (χ4n) is 2.10. The second-order valence-corrected chi connectivity index (χ2v) is 6.25. The van der Waals surface area contributed by atoms with E-state index in [1.54, 1.807) is 25.3 Å². The number of sulfone groups is 1. The predicted molar refractivity (Wildman–Crippen MR) is 66.1 cm³/mol. The number of ether oxygens (including phenoxy) is 1. The second-order valence-electron chi connectivity index (χ2n) is 4.11. The average Bonchev–Trinajstić information content (AvgIpc) is 2.28. The van der Waals surface area contributed by atoms with Crippen molar-refractivity contribution in [3.05, 3.63) is 18.2 Å². The molecule has 0 saturated carbocycles. The third-order valence-electron chi connectivity index (χ3n) is 3.06. The number of fused-ring (bicyclic) bond motifs is 1. The first-order valence-electron chi connectivity index (χ1n) is 5.39. The van der Waals surface area contributed by atoms with Crippen LogP contribution in [-0.2, 0) is 9.84 Å². The molecule has 1 aromatic carbocycles. The molecule has 2 rings (SSSR count). The molecule has 94 valence electrons. The molecule has 0 amide bonds. The van der Waals surface area contributed by atoms with Gasteiger partial charge in [-0.25, -0.2) is 8.42 Å². The van der Waals surface area contributed by atoms with Crippen molar-refractivity contribution in [3.8, 4) is 5.75 Å². The Balaban J connectivity index is 2.57. The van der Waals surface area contributed by atoms with Crippen molar-refractivity contribution in [2.45, 2.75) is 23.1 Å². The van der Waals surface area contributed by atoms with Crippen LogP contribution in [0.25, 0.3) is 0 Å². The molecule has 1 heterocycles. The van der Waals surface area contributed by atoms with E-state index in [1.165, 1.54) is 0 Å². The number of methoxy groups -OCH3 is 1. The van der Waals surface area contributed by atoms with Gasteiger partial charge in [-0.15, -0.1) is 0 Å². The summed E-state index contributed by atoms with van der Waals surface area (Å²) in [6.45, 7) is 1.93. The van der Waals surface area contributed by atoms with E-state index in [9.17, 15) is 8.42 Å². The van der Waals surface area contributed by atoms with Gasteiger partial charge < -0.3 is 15.8 Å². The zero-order chi connectivity index (χ0) is 12.6. The minimum absolute atomic E-state index is 0.113. The number of nitrogens with one attached hydrogen (secondary N) is 1. The van der Waals surface area contributed by atoms with Crippen LogP contribution in [0.5, 0.6) is 5.75 Å². The Kier molecular flexibility index (Phi) is 3.01. The number of hydrogen-bond donors (Lipinski definition) is 2. The maximum absolute atomic E-state index is 12.3. The molecule has 5 nitrogen and oxygen atoms in total. The number of rotatable bonds is 2. The van der Waals surface area contributed by atoms with E-state index in [0.29, 0.717) is 16.3 Å². The first-order chi connectivity index (χ1) is 8.00. The normalized spacial score (nSPS) is 25.8. The number of anilines is 1. The van der Waals surface area contributed by atoms with E-state index in [0.717, 1.165) is 0 Å². The highest BCUT2D eigenvalue weighted by molar-refractivity contribution is 7.92. The van der Waals surface area contributed by atoms with Crippen LogP contribution in [0.15, 0.2) is 23.1 Å². The SMILES string of the molecule is COc1ccc2c(c1)NC(C)C(CN)S2(=O)=O. The van der Waals surface area contributed by atoms with Crippen LogP contribution in [0.2, 0.25) is 0 Å². The lowest BCUT2D eigenvalue weighted by Gasteiger charge is -2.31. The molecule has 0 aliphatic carbocycles. The van der Waals surface area contributed by atoms with Gasteiger partial charge in [-0.1, -0.05) is 0 Å². The average molecular weight is 256 g/mol. The third-order valence-corrected chi connectivity index (χ3v) is 5.43. The highest BCUT2D eigenvalue weighted by Gasteiger charge is 2.37. The largest absolute Gasteiger partial charge is 0.497 e. The topological polar surface area (TPSA) is 81.4 Å². The molecule has 0 saturated heterocycles. The Labute approximate surface area is 101 Å². The molecule has 2 atom stereocenters. The molecule has 3 N–H and O–H groups in total. The van der Waals surface area contributed by atoms with Crippen LogP contribution in [0, 0.1) is 0 Å². The third kappa shape index (κ3) is 1.87. The summed E-state index contributed by atoms with van der Waals surface area (Å²) in [5.41, 5.74) is 6.12. The molecule has 0 spiro atoms. The first-order valence-corrected chi connectivity index (χ1v) is 6.94. The maximum Gasteiger partial charge on any atom is 0.186 e. The van der Waals surface area contributed by atoms with Gasteiger partial charge in [0.2, 0.25) is 0 Å². The molecule has 1 aliphatic heterocycles. The van der Waals surface area contributed by atoms with Crippen molar-refractivity contribution < 1.29 is 13.2 Å². The highest BCUT2D eigenvalue weighted by Crippen LogP contribution is 2.34. The summed E-state index contributed by atoms with van der Waals surface area (Å²) < 4.78 is 29.6. The van der Waals surface area contributed by atoms with Gasteiger partial charge in [0, 0.05) is 18.7 Å². The van der Waals surface area contributed by atoms with Crippen molar-refractivity contribution >= 4 is 15.5 Å². The summed E-state index contributed by atoms with van der Waals surface area (Å²) in [7, 11) is -1.80. The van der Waals surface area contributed by atoms with E-state index in [4.69, 9.17) is 10.5 Å². The quantitative estimate of drug-likeness (QED) is 0.810.